The van der Waals surface area contributed by atoms with Gasteiger partial charge in [-0.1, -0.05) is 59.6 Å². The zero-order valence-corrected chi connectivity index (χ0v) is 39.9. The molecular weight excluding hydrogens is 845 g/mol. The second-order valence-corrected chi connectivity index (χ2v) is 22.4. The van der Waals surface area contributed by atoms with Gasteiger partial charge in [-0.25, -0.2) is 0 Å². The van der Waals surface area contributed by atoms with E-state index in [1.165, 1.54) is 19.4 Å². The molecule has 65 heavy (non-hydrogen) atoms. The Morgan fingerprint density at radius 1 is 0.815 bits per heavy atom. The molecule has 16 nitrogen and oxygen atoms in total. The van der Waals surface area contributed by atoms with E-state index < -0.39 is 128 Å². The summed E-state index contributed by atoms with van der Waals surface area (Å²) >= 11 is 0. The van der Waals surface area contributed by atoms with Gasteiger partial charge in [-0.05, 0) is 111 Å². The number of fused-ring (bicyclic) bond motifs is 5. The highest BCUT2D eigenvalue weighted by Gasteiger charge is 2.70. The molecule has 27 atom stereocenters. The van der Waals surface area contributed by atoms with Gasteiger partial charge in [0.05, 0.1) is 37.1 Å². The molecule has 10 N–H and O–H groups in total. The minimum absolute atomic E-state index is 0.0461. The Hall–Kier alpha value is -1.35. The van der Waals surface area contributed by atoms with Crippen LogP contribution in [-0.2, 0) is 28.5 Å². The van der Waals surface area contributed by atoms with Gasteiger partial charge in [-0.15, -0.1) is 0 Å². The summed E-state index contributed by atoms with van der Waals surface area (Å²) in [7, 11) is 0. The van der Waals surface area contributed by atoms with Crippen LogP contribution in [0.2, 0.25) is 0 Å². The highest BCUT2D eigenvalue weighted by Crippen LogP contribution is 2.70. The summed E-state index contributed by atoms with van der Waals surface area (Å²) < 4.78 is 31.3. The first kappa shape index (κ1) is 51.5. The fourth-order valence-electron chi connectivity index (χ4n) is 15.1. The Balaban J connectivity index is 1.23. The van der Waals surface area contributed by atoms with Crippen LogP contribution in [0.5, 0.6) is 0 Å². The van der Waals surface area contributed by atoms with Crippen LogP contribution < -0.4 is 0 Å². The number of allylic oxidation sites excluding steroid dienone is 2. The van der Waals surface area contributed by atoms with E-state index in [1.807, 2.05) is 0 Å². The predicted octanol–water partition coefficient (Wildman–Crippen LogP) is 1.58. The zero-order valence-electron chi connectivity index (χ0n) is 39.9. The van der Waals surface area contributed by atoms with Gasteiger partial charge in [0, 0.05) is 18.8 Å². The quantitative estimate of drug-likeness (QED) is 0.0984. The van der Waals surface area contributed by atoms with Crippen LogP contribution in [0.1, 0.15) is 114 Å². The summed E-state index contributed by atoms with van der Waals surface area (Å²) in [4.78, 5) is 13.2. The summed E-state index contributed by atoms with van der Waals surface area (Å²) in [6.07, 6.45) is -12.6. The molecule has 3 saturated carbocycles. The monoisotopic (exact) mass is 927 g/mol. The maximum Gasteiger partial charge on any atom is 0.302 e. The number of rotatable bonds is 12. The van der Waals surface area contributed by atoms with Gasteiger partial charge < -0.3 is 74.7 Å². The van der Waals surface area contributed by atoms with E-state index in [1.54, 1.807) is 6.92 Å². The molecule has 0 amide bonds. The third kappa shape index (κ3) is 9.04. The fraction of sp³-hybridized carbons (Fsp3) is 0.939. The Morgan fingerprint density at radius 3 is 2.08 bits per heavy atom. The number of carbonyl (C=O) groups is 1. The first-order chi connectivity index (χ1) is 30.5. The molecule has 0 radical (unpaired) electrons. The van der Waals surface area contributed by atoms with E-state index in [4.69, 9.17) is 23.7 Å². The summed E-state index contributed by atoms with van der Waals surface area (Å²) in [6, 6.07) is 0. The van der Waals surface area contributed by atoms with Gasteiger partial charge in [-0.3, -0.25) is 4.79 Å². The van der Waals surface area contributed by atoms with Crippen LogP contribution in [0.15, 0.2) is 11.6 Å². The molecule has 2 unspecified atom stereocenters. The number of hydrogen-bond donors (Lipinski definition) is 10. The molecule has 16 heteroatoms. The van der Waals surface area contributed by atoms with Crippen molar-refractivity contribution in [2.75, 3.05) is 6.61 Å². The van der Waals surface area contributed by atoms with Crippen LogP contribution in [0.25, 0.3) is 0 Å². The van der Waals surface area contributed by atoms with Crippen LogP contribution in [0.4, 0.5) is 0 Å². The fourth-order valence-corrected chi connectivity index (χ4v) is 15.1. The number of hydrogen-bond acceptors (Lipinski definition) is 16. The number of ether oxygens (including phenoxy) is 5. The SMILES string of the molecule is CCC(C(C)C)C(O)C[C@@H](C)[C@H]1[C@@H](OC(C)=O)[C@@H]([C@@H]2O[C@@H](C)[C@H](O)[C@@H](O)[C@H]2O)[C@H]2[C@@H]3CC=C4C[C@@H]([C@H]5O[C@@H](CO)[C@H](O)[C@@H](O)[C@@H]5O[C@@H]5O[C@@H](C)[C@H](O)[C@@H](O)[C@H]5O)CC[C@]4(C)[C@H]3CC[C@@]21C. The Labute approximate surface area is 384 Å². The minimum atomic E-state index is -1.65. The van der Waals surface area contributed by atoms with E-state index in [0.717, 1.165) is 25.7 Å². The van der Waals surface area contributed by atoms with Gasteiger partial charge in [0.15, 0.2) is 6.29 Å². The standard InChI is InChI=1S/C49H82O16/c1-10-27(20(2)3)30(52)17-21(4)33-44(63-24(7)51)32(45-41(59)38(56)35(53)22(5)61-45)34-28-12-11-26-18-25(13-15-48(26,8)29(28)14-16-49(33,34)9)43-46(40(58)37(55)31(19-50)64-43)65-47-42(60)39(57)36(54)23(6)62-47/h11,20-23,25,27-47,50,52-60H,10,12-19H2,1-9H3/t21-,22+,23+,25+,27?,28-,29+,30?,31+,32+,33+,34-,35+,36+,37+,38-,39-,40-,41-,42-,43-,44+,45+,46+,47+,48+,49-/m1/s1. The van der Waals surface area contributed by atoms with E-state index in [0.29, 0.717) is 25.7 Å². The molecule has 0 aromatic heterocycles. The lowest BCUT2D eigenvalue weighted by molar-refractivity contribution is -0.341. The van der Waals surface area contributed by atoms with Crippen molar-refractivity contribution in [3.63, 3.8) is 0 Å². The van der Waals surface area contributed by atoms with Gasteiger partial charge >= 0.3 is 5.97 Å². The summed E-state index contributed by atoms with van der Waals surface area (Å²) in [5.41, 5.74) is 0.476. The molecule has 3 saturated heterocycles. The predicted molar refractivity (Wildman–Crippen MR) is 234 cm³/mol. The second kappa shape index (κ2) is 19.8. The average molecular weight is 927 g/mol. The van der Waals surface area contributed by atoms with Gasteiger partial charge in [0.1, 0.15) is 67.1 Å². The number of esters is 1. The lowest BCUT2D eigenvalue weighted by atomic mass is 9.45. The molecule has 0 bridgehead atoms. The van der Waals surface area contributed by atoms with E-state index >= 15 is 0 Å². The molecule has 4 aliphatic carbocycles. The van der Waals surface area contributed by atoms with Crippen molar-refractivity contribution in [2.24, 2.45) is 64.1 Å². The molecule has 6 fully saturated rings. The van der Waals surface area contributed by atoms with E-state index in [-0.39, 0.29) is 52.8 Å². The lowest BCUT2D eigenvalue weighted by Crippen LogP contribution is -2.65. The average Bonchev–Trinajstić information content (AvgIpc) is 3.51. The van der Waals surface area contributed by atoms with Crippen molar-refractivity contribution in [3.8, 4) is 0 Å². The van der Waals surface area contributed by atoms with E-state index in [9.17, 15) is 55.9 Å². The third-order valence-electron chi connectivity index (χ3n) is 18.4. The smallest absolute Gasteiger partial charge is 0.302 e. The molecular formula is C49H82O16. The largest absolute Gasteiger partial charge is 0.462 e. The van der Waals surface area contributed by atoms with Crippen molar-refractivity contribution in [1.29, 1.82) is 0 Å². The molecule has 3 heterocycles. The zero-order chi connectivity index (χ0) is 47.8. The van der Waals surface area contributed by atoms with Crippen molar-refractivity contribution in [2.45, 2.75) is 218 Å². The van der Waals surface area contributed by atoms with Crippen LogP contribution in [0.3, 0.4) is 0 Å². The van der Waals surface area contributed by atoms with Crippen molar-refractivity contribution >= 4 is 5.97 Å². The minimum Gasteiger partial charge on any atom is -0.462 e. The highest BCUT2D eigenvalue weighted by molar-refractivity contribution is 5.66. The molecule has 7 aliphatic rings. The number of aliphatic hydroxyl groups excluding tert-OH is 10. The third-order valence-corrected chi connectivity index (χ3v) is 18.4. The lowest BCUT2D eigenvalue weighted by Gasteiger charge is -2.60. The Morgan fingerprint density at radius 2 is 1.46 bits per heavy atom. The van der Waals surface area contributed by atoms with Crippen LogP contribution in [-0.4, -0.2) is 168 Å². The maximum atomic E-state index is 13.2. The first-order valence-electron chi connectivity index (χ1n) is 24.7. The van der Waals surface area contributed by atoms with Crippen LogP contribution >= 0.6 is 0 Å². The second-order valence-electron chi connectivity index (χ2n) is 22.4. The molecule has 374 valence electrons. The summed E-state index contributed by atoms with van der Waals surface area (Å²) in [5, 5.41) is 110. The van der Waals surface area contributed by atoms with Crippen molar-refractivity contribution in [1.82, 2.24) is 0 Å². The number of aliphatic hydroxyl groups is 10. The van der Waals surface area contributed by atoms with Crippen molar-refractivity contribution in [3.05, 3.63) is 11.6 Å². The molecule has 0 aromatic rings. The summed E-state index contributed by atoms with van der Waals surface area (Å²) in [6.45, 7) is 17.1. The first-order valence-corrected chi connectivity index (χ1v) is 24.7. The maximum absolute atomic E-state index is 13.2. The summed E-state index contributed by atoms with van der Waals surface area (Å²) in [5.74, 6) is -1.16. The van der Waals surface area contributed by atoms with Gasteiger partial charge in [0.2, 0.25) is 0 Å². The molecule has 7 rings (SSSR count). The van der Waals surface area contributed by atoms with E-state index in [2.05, 4.69) is 47.6 Å². The normalized spacial score (nSPS) is 51.5. The topological polar surface area (TPSA) is 266 Å². The molecule has 3 aliphatic heterocycles. The number of carbonyl (C=O) groups excluding carboxylic acids is 1. The van der Waals surface area contributed by atoms with Gasteiger partial charge in [0.25, 0.3) is 0 Å². The highest BCUT2D eigenvalue weighted by atomic mass is 16.7. The molecule has 0 spiro atoms. The Bertz CT molecular complexity index is 1660. The Kier molecular flexibility index (Phi) is 15.7. The van der Waals surface area contributed by atoms with Crippen molar-refractivity contribution < 1.29 is 79.5 Å². The molecule has 0 aromatic carbocycles. The van der Waals surface area contributed by atoms with Crippen LogP contribution in [0, 0.1) is 64.1 Å². The van der Waals surface area contributed by atoms with Gasteiger partial charge in [-0.2, -0.15) is 0 Å².